The molecular weight excluding hydrogens is 316 g/mol. The molecule has 0 spiro atoms. The molecule has 2 heterocycles. The predicted octanol–water partition coefficient (Wildman–Crippen LogP) is 1.81. The summed E-state index contributed by atoms with van der Waals surface area (Å²) in [7, 11) is 0.245. The molecule has 23 heavy (non-hydrogen) atoms. The predicted molar refractivity (Wildman–Crippen MR) is 89.2 cm³/mol. The summed E-state index contributed by atoms with van der Waals surface area (Å²) in [4.78, 5) is 21.1. The van der Waals surface area contributed by atoms with E-state index in [0.717, 1.165) is 11.5 Å². The van der Waals surface area contributed by atoms with Gasteiger partial charge in [0, 0.05) is 24.6 Å². The number of fused-ring (bicyclic) bond motifs is 1. The van der Waals surface area contributed by atoms with Gasteiger partial charge in [-0.05, 0) is 13.8 Å². The van der Waals surface area contributed by atoms with Gasteiger partial charge in [0.25, 0.3) is 0 Å². The largest absolute Gasteiger partial charge is 0.453 e. The standard InChI is InChI=1S/C15H24N4O3S/c1-9(2)12-17-10-6-7-23(21)11(10)13(18-12)19-15(3,4)8-16-14(20)22-5/h9H,6-8H2,1-5H3,(H,16,20)(H,17,18,19). The summed E-state index contributed by atoms with van der Waals surface area (Å²) in [6.07, 6.45) is 0.221. The molecule has 1 amide bonds. The summed E-state index contributed by atoms with van der Waals surface area (Å²) >= 11 is 0. The third-order valence-electron chi connectivity index (χ3n) is 3.54. The molecule has 2 rings (SSSR count). The van der Waals surface area contributed by atoms with Crippen LogP contribution >= 0.6 is 0 Å². The van der Waals surface area contributed by atoms with Crippen molar-refractivity contribution in [3.05, 3.63) is 11.5 Å². The highest BCUT2D eigenvalue weighted by Gasteiger charge is 2.29. The highest BCUT2D eigenvalue weighted by molar-refractivity contribution is 7.85. The van der Waals surface area contributed by atoms with Crippen molar-refractivity contribution in [2.45, 2.75) is 50.5 Å². The number of rotatable bonds is 5. The molecule has 1 aromatic rings. The number of amides is 1. The zero-order valence-electron chi connectivity index (χ0n) is 14.2. The topological polar surface area (TPSA) is 93.2 Å². The summed E-state index contributed by atoms with van der Waals surface area (Å²) in [6, 6.07) is 0. The van der Waals surface area contributed by atoms with Gasteiger partial charge in [0.15, 0.2) is 0 Å². The van der Waals surface area contributed by atoms with Gasteiger partial charge in [-0.3, -0.25) is 4.21 Å². The number of aryl methyl sites for hydroxylation is 1. The molecule has 0 aliphatic carbocycles. The molecule has 128 valence electrons. The van der Waals surface area contributed by atoms with E-state index in [9.17, 15) is 9.00 Å². The van der Waals surface area contributed by atoms with E-state index in [1.807, 2.05) is 27.7 Å². The normalized spacial score (nSPS) is 17.0. The molecule has 0 fully saturated rings. The molecule has 0 saturated heterocycles. The van der Waals surface area contributed by atoms with E-state index < -0.39 is 22.4 Å². The van der Waals surface area contributed by atoms with Crippen molar-refractivity contribution >= 4 is 22.7 Å². The van der Waals surface area contributed by atoms with Crippen LogP contribution in [0.15, 0.2) is 4.90 Å². The second kappa shape index (κ2) is 6.82. The van der Waals surface area contributed by atoms with Gasteiger partial charge in [-0.2, -0.15) is 0 Å². The average Bonchev–Trinajstić information content (AvgIpc) is 2.86. The molecule has 1 aliphatic heterocycles. The van der Waals surface area contributed by atoms with Crippen LogP contribution in [0.1, 0.15) is 45.1 Å². The van der Waals surface area contributed by atoms with E-state index in [1.165, 1.54) is 7.11 Å². The van der Waals surface area contributed by atoms with Crippen molar-refractivity contribution < 1.29 is 13.7 Å². The molecule has 1 atom stereocenters. The van der Waals surface area contributed by atoms with Crippen molar-refractivity contribution in [1.29, 1.82) is 0 Å². The fourth-order valence-electron chi connectivity index (χ4n) is 2.29. The molecule has 0 saturated carbocycles. The Labute approximate surface area is 139 Å². The number of methoxy groups -OCH3 is 1. The minimum absolute atomic E-state index is 0.186. The number of nitrogens with zero attached hydrogens (tertiary/aromatic N) is 2. The number of carbonyl (C=O) groups is 1. The first-order chi connectivity index (χ1) is 10.7. The van der Waals surface area contributed by atoms with Gasteiger partial charge >= 0.3 is 6.09 Å². The minimum atomic E-state index is -1.08. The van der Waals surface area contributed by atoms with Crippen LogP contribution in [0.4, 0.5) is 10.6 Å². The second-order valence-corrected chi connectivity index (χ2v) is 8.02. The Kier molecular flexibility index (Phi) is 5.23. The summed E-state index contributed by atoms with van der Waals surface area (Å²) < 4.78 is 16.9. The summed E-state index contributed by atoms with van der Waals surface area (Å²) in [5, 5.41) is 5.98. The summed E-state index contributed by atoms with van der Waals surface area (Å²) in [5.74, 6) is 2.11. The van der Waals surface area contributed by atoms with E-state index in [1.54, 1.807) is 0 Å². The lowest BCUT2D eigenvalue weighted by Gasteiger charge is -2.28. The first kappa shape index (κ1) is 17.7. The second-order valence-electron chi connectivity index (χ2n) is 6.51. The molecule has 1 aromatic heterocycles. The molecule has 7 nitrogen and oxygen atoms in total. The summed E-state index contributed by atoms with van der Waals surface area (Å²) in [6.45, 7) is 8.28. The van der Waals surface area contributed by atoms with E-state index in [2.05, 4.69) is 25.3 Å². The maximum atomic E-state index is 12.3. The van der Waals surface area contributed by atoms with Gasteiger partial charge < -0.3 is 15.4 Å². The van der Waals surface area contributed by atoms with E-state index in [4.69, 9.17) is 0 Å². The lowest BCUT2D eigenvalue weighted by molar-refractivity contribution is 0.169. The number of ether oxygens (including phenoxy) is 1. The van der Waals surface area contributed by atoms with Crippen molar-refractivity contribution in [2.75, 3.05) is 24.7 Å². The van der Waals surface area contributed by atoms with Crippen LogP contribution < -0.4 is 10.6 Å². The van der Waals surface area contributed by atoms with Crippen LogP contribution in [-0.2, 0) is 22.0 Å². The SMILES string of the molecule is COC(=O)NCC(C)(C)Nc1nc(C(C)C)nc2c1S(=O)CC2. The van der Waals surface area contributed by atoms with Crippen molar-refractivity contribution in [3.63, 3.8) is 0 Å². The lowest BCUT2D eigenvalue weighted by atomic mass is 10.1. The highest BCUT2D eigenvalue weighted by atomic mass is 32.2. The maximum absolute atomic E-state index is 12.3. The van der Waals surface area contributed by atoms with Crippen LogP contribution in [0.3, 0.4) is 0 Å². The van der Waals surface area contributed by atoms with Crippen LogP contribution in [0.5, 0.6) is 0 Å². The fraction of sp³-hybridized carbons (Fsp3) is 0.667. The third kappa shape index (κ3) is 4.19. The molecule has 8 heteroatoms. The van der Waals surface area contributed by atoms with Crippen molar-refractivity contribution in [2.24, 2.45) is 0 Å². The van der Waals surface area contributed by atoms with Gasteiger partial charge in [0.2, 0.25) is 0 Å². The van der Waals surface area contributed by atoms with E-state index in [-0.39, 0.29) is 5.92 Å². The number of hydrogen-bond donors (Lipinski definition) is 2. The Morgan fingerprint density at radius 3 is 2.70 bits per heavy atom. The number of aromatic nitrogens is 2. The van der Waals surface area contributed by atoms with Crippen LogP contribution in [-0.4, -0.2) is 45.2 Å². The van der Waals surface area contributed by atoms with Crippen molar-refractivity contribution in [1.82, 2.24) is 15.3 Å². The Balaban J connectivity index is 2.28. The quantitative estimate of drug-likeness (QED) is 0.849. The maximum Gasteiger partial charge on any atom is 0.406 e. The van der Waals surface area contributed by atoms with Gasteiger partial charge in [0.05, 0.1) is 29.1 Å². The Morgan fingerprint density at radius 1 is 1.39 bits per heavy atom. The number of alkyl carbamates (subject to hydrolysis) is 1. The first-order valence-corrected chi connectivity index (χ1v) is 8.94. The minimum Gasteiger partial charge on any atom is -0.453 e. The van der Waals surface area contributed by atoms with Crippen molar-refractivity contribution in [3.8, 4) is 0 Å². The fourth-order valence-corrected chi connectivity index (χ4v) is 3.59. The molecule has 0 aromatic carbocycles. The number of nitrogens with one attached hydrogen (secondary N) is 2. The Hall–Kier alpha value is -1.70. The molecule has 1 aliphatic rings. The van der Waals surface area contributed by atoms with Crippen LogP contribution in [0, 0.1) is 0 Å². The molecule has 2 N–H and O–H groups in total. The number of carbonyl (C=O) groups excluding carboxylic acids is 1. The molecule has 1 unspecified atom stereocenters. The number of anilines is 1. The zero-order chi connectivity index (χ0) is 17.2. The monoisotopic (exact) mass is 340 g/mol. The average molecular weight is 340 g/mol. The first-order valence-electron chi connectivity index (χ1n) is 7.62. The summed E-state index contributed by atoms with van der Waals surface area (Å²) in [5.41, 5.74) is 0.387. The third-order valence-corrected chi connectivity index (χ3v) is 5.00. The van der Waals surface area contributed by atoms with Crippen LogP contribution in [0.25, 0.3) is 0 Å². The molecule has 0 bridgehead atoms. The Bertz CT molecular complexity index is 631. The highest BCUT2D eigenvalue weighted by Crippen LogP contribution is 2.30. The smallest absolute Gasteiger partial charge is 0.406 e. The zero-order valence-corrected chi connectivity index (χ0v) is 15.0. The lowest BCUT2D eigenvalue weighted by Crippen LogP contribution is -2.44. The molecular formula is C15H24N4O3S. The van der Waals surface area contributed by atoms with E-state index in [0.29, 0.717) is 29.4 Å². The van der Waals surface area contributed by atoms with Crippen LogP contribution in [0.2, 0.25) is 0 Å². The van der Waals surface area contributed by atoms with Gasteiger partial charge in [-0.1, -0.05) is 13.8 Å². The number of hydrogen-bond acceptors (Lipinski definition) is 6. The van der Waals surface area contributed by atoms with Gasteiger partial charge in [-0.25, -0.2) is 14.8 Å². The molecule has 0 radical (unpaired) electrons. The van der Waals surface area contributed by atoms with Gasteiger partial charge in [0.1, 0.15) is 16.5 Å². The van der Waals surface area contributed by atoms with Gasteiger partial charge in [-0.15, -0.1) is 0 Å². The Morgan fingerprint density at radius 2 is 2.09 bits per heavy atom. The van der Waals surface area contributed by atoms with E-state index >= 15 is 0 Å².